The Morgan fingerprint density at radius 2 is 2.03 bits per heavy atom. The maximum Gasteiger partial charge on any atom is 0.191 e. The summed E-state index contributed by atoms with van der Waals surface area (Å²) >= 11 is 1.73. The molecule has 30 heavy (non-hydrogen) atoms. The largest absolute Gasteiger partial charge is 0.357 e. The number of halogens is 2. The van der Waals surface area contributed by atoms with Crippen molar-refractivity contribution >= 4 is 41.3 Å². The van der Waals surface area contributed by atoms with E-state index >= 15 is 0 Å². The van der Waals surface area contributed by atoms with Crippen LogP contribution < -0.4 is 10.6 Å². The molecule has 0 bridgehead atoms. The number of rotatable bonds is 7. The molecule has 1 aromatic carbocycles. The number of benzene rings is 1. The van der Waals surface area contributed by atoms with E-state index in [9.17, 15) is 4.39 Å². The molecule has 3 aromatic rings. The van der Waals surface area contributed by atoms with Crippen molar-refractivity contribution in [2.24, 2.45) is 4.99 Å². The predicted molar refractivity (Wildman–Crippen MR) is 132 cm³/mol. The molecule has 0 atom stereocenters. The van der Waals surface area contributed by atoms with Crippen LogP contribution >= 0.6 is 35.3 Å². The second-order valence-corrected chi connectivity index (χ2v) is 8.04. The minimum absolute atomic E-state index is 0. The minimum atomic E-state index is -0.286. The molecule has 0 aliphatic rings. The number of guanidine groups is 1. The number of aromatic nitrogens is 3. The summed E-state index contributed by atoms with van der Waals surface area (Å²) in [7, 11) is 0. The Hall–Kier alpha value is -2.01. The van der Waals surface area contributed by atoms with Crippen LogP contribution in [0, 0.1) is 26.6 Å². The summed E-state index contributed by atoms with van der Waals surface area (Å²) < 4.78 is 16.3. The minimum Gasteiger partial charge on any atom is -0.357 e. The number of hydrogen-bond acceptors (Lipinski definition) is 4. The summed E-state index contributed by atoms with van der Waals surface area (Å²) in [6.45, 7) is 9.89. The Bertz CT molecular complexity index is 978. The van der Waals surface area contributed by atoms with Crippen LogP contribution in [-0.2, 0) is 13.0 Å². The lowest BCUT2D eigenvalue weighted by molar-refractivity contribution is 0.614. The van der Waals surface area contributed by atoms with Crippen molar-refractivity contribution in [3.8, 4) is 5.69 Å². The molecule has 0 aliphatic heterocycles. The summed E-state index contributed by atoms with van der Waals surface area (Å²) in [4.78, 5) is 14.6. The summed E-state index contributed by atoms with van der Waals surface area (Å²) in [6, 6.07) is 5.19. The van der Waals surface area contributed by atoms with Crippen LogP contribution in [0.2, 0.25) is 0 Å². The number of aliphatic imine (C=N–C) groups is 1. The zero-order valence-corrected chi connectivity index (χ0v) is 20.8. The molecule has 6 nitrogen and oxygen atoms in total. The van der Waals surface area contributed by atoms with Crippen molar-refractivity contribution in [2.75, 3.05) is 13.1 Å². The molecule has 0 saturated heterocycles. The Labute approximate surface area is 198 Å². The van der Waals surface area contributed by atoms with Crippen LogP contribution in [0.1, 0.15) is 33.9 Å². The van der Waals surface area contributed by atoms with E-state index in [2.05, 4.69) is 32.5 Å². The van der Waals surface area contributed by atoms with Crippen LogP contribution in [0.5, 0.6) is 0 Å². The Morgan fingerprint density at radius 3 is 2.63 bits per heavy atom. The number of imidazole rings is 1. The second kappa shape index (κ2) is 11.4. The van der Waals surface area contributed by atoms with Gasteiger partial charge in [-0.15, -0.1) is 35.3 Å². The highest BCUT2D eigenvalue weighted by Gasteiger charge is 2.08. The van der Waals surface area contributed by atoms with Gasteiger partial charge in [-0.25, -0.2) is 19.4 Å². The molecule has 0 radical (unpaired) electrons. The number of nitrogens with one attached hydrogen (secondary N) is 2. The third-order valence-electron chi connectivity index (χ3n) is 4.57. The highest BCUT2D eigenvalue weighted by Crippen LogP contribution is 2.18. The van der Waals surface area contributed by atoms with E-state index in [1.54, 1.807) is 34.4 Å². The molecule has 0 aliphatic carbocycles. The van der Waals surface area contributed by atoms with Gasteiger partial charge in [-0.05, 0) is 45.4 Å². The maximum absolute atomic E-state index is 14.6. The van der Waals surface area contributed by atoms with Crippen LogP contribution in [0.4, 0.5) is 4.39 Å². The summed E-state index contributed by atoms with van der Waals surface area (Å²) in [5, 5.41) is 7.67. The average Bonchev–Trinajstić information content (AvgIpc) is 3.25. The predicted octanol–water partition coefficient (Wildman–Crippen LogP) is 4.31. The standard InChI is InChI=1S/C21H27FN6S.HI/c1-5-23-21(25-9-8-20-27-14(2)15(3)29-20)26-13-17-6-7-19(18(22)12-17)28-11-10-24-16(28)4;/h6-7,10-12H,5,8-9,13H2,1-4H3,(H2,23,25,26);1H. The highest BCUT2D eigenvalue weighted by atomic mass is 127. The monoisotopic (exact) mass is 542 g/mol. The number of aryl methyl sites for hydroxylation is 3. The number of thiazole rings is 1. The first-order valence-electron chi connectivity index (χ1n) is 9.71. The van der Waals surface area contributed by atoms with Gasteiger partial charge < -0.3 is 15.2 Å². The molecular formula is C21H28FIN6S. The van der Waals surface area contributed by atoms with E-state index < -0.39 is 0 Å². The first-order valence-corrected chi connectivity index (χ1v) is 10.5. The second-order valence-electron chi connectivity index (χ2n) is 6.75. The molecule has 2 heterocycles. The van der Waals surface area contributed by atoms with E-state index in [4.69, 9.17) is 0 Å². The lowest BCUT2D eigenvalue weighted by Gasteiger charge is -2.11. The fraction of sp³-hybridized carbons (Fsp3) is 0.381. The summed E-state index contributed by atoms with van der Waals surface area (Å²) in [5.41, 5.74) is 2.40. The highest BCUT2D eigenvalue weighted by molar-refractivity contribution is 14.0. The zero-order valence-electron chi connectivity index (χ0n) is 17.7. The summed E-state index contributed by atoms with van der Waals surface area (Å²) in [6.07, 6.45) is 4.26. The molecule has 0 amide bonds. The normalized spacial score (nSPS) is 11.3. The van der Waals surface area contributed by atoms with Gasteiger partial charge in [0.1, 0.15) is 11.6 Å². The fourth-order valence-corrected chi connectivity index (χ4v) is 3.86. The van der Waals surface area contributed by atoms with Crippen molar-refractivity contribution in [3.05, 3.63) is 63.4 Å². The van der Waals surface area contributed by atoms with Crippen LogP contribution in [0.15, 0.2) is 35.6 Å². The first-order chi connectivity index (χ1) is 14.0. The van der Waals surface area contributed by atoms with Gasteiger partial charge in [0, 0.05) is 36.8 Å². The van der Waals surface area contributed by atoms with Crippen LogP contribution in [-0.4, -0.2) is 33.6 Å². The molecular weight excluding hydrogens is 514 g/mol. The molecule has 0 saturated carbocycles. The molecule has 2 aromatic heterocycles. The Balaban J connectivity index is 0.00000320. The van der Waals surface area contributed by atoms with Gasteiger partial charge in [0.2, 0.25) is 0 Å². The summed E-state index contributed by atoms with van der Waals surface area (Å²) in [5.74, 6) is 1.18. The fourth-order valence-electron chi connectivity index (χ4n) is 2.92. The number of hydrogen-bond donors (Lipinski definition) is 2. The lowest BCUT2D eigenvalue weighted by atomic mass is 10.2. The van der Waals surface area contributed by atoms with Gasteiger partial charge >= 0.3 is 0 Å². The van der Waals surface area contributed by atoms with Crippen LogP contribution in [0.3, 0.4) is 0 Å². The molecule has 162 valence electrons. The molecule has 9 heteroatoms. The topological polar surface area (TPSA) is 67.1 Å². The molecule has 2 N–H and O–H groups in total. The van der Waals surface area contributed by atoms with Gasteiger partial charge in [0.05, 0.1) is 22.9 Å². The molecule has 3 rings (SSSR count). The van der Waals surface area contributed by atoms with Crippen molar-refractivity contribution in [1.82, 2.24) is 25.2 Å². The SMILES string of the molecule is CCNC(=NCc1ccc(-n2ccnc2C)c(F)c1)NCCc1nc(C)c(C)s1.I. The van der Waals surface area contributed by atoms with E-state index in [0.717, 1.165) is 41.6 Å². The van der Waals surface area contributed by atoms with E-state index in [1.165, 1.54) is 10.9 Å². The smallest absolute Gasteiger partial charge is 0.191 e. The van der Waals surface area contributed by atoms with E-state index in [1.807, 2.05) is 26.8 Å². The third kappa shape index (κ3) is 6.24. The van der Waals surface area contributed by atoms with Crippen molar-refractivity contribution in [2.45, 2.75) is 40.7 Å². The Kier molecular flexibility index (Phi) is 9.22. The van der Waals surface area contributed by atoms with Gasteiger partial charge in [-0.1, -0.05) is 6.07 Å². The van der Waals surface area contributed by atoms with Gasteiger partial charge in [-0.2, -0.15) is 0 Å². The van der Waals surface area contributed by atoms with Crippen molar-refractivity contribution in [3.63, 3.8) is 0 Å². The molecule has 0 unspecified atom stereocenters. The van der Waals surface area contributed by atoms with E-state index in [0.29, 0.717) is 18.2 Å². The van der Waals surface area contributed by atoms with Crippen molar-refractivity contribution in [1.29, 1.82) is 0 Å². The van der Waals surface area contributed by atoms with E-state index in [-0.39, 0.29) is 29.8 Å². The van der Waals surface area contributed by atoms with Gasteiger partial charge in [-0.3, -0.25) is 0 Å². The maximum atomic E-state index is 14.6. The van der Waals surface area contributed by atoms with Gasteiger partial charge in [0.15, 0.2) is 5.96 Å². The molecule has 0 fully saturated rings. The third-order valence-corrected chi connectivity index (χ3v) is 5.70. The lowest BCUT2D eigenvalue weighted by Crippen LogP contribution is -2.38. The number of nitrogens with zero attached hydrogens (tertiary/aromatic N) is 4. The van der Waals surface area contributed by atoms with Crippen LogP contribution in [0.25, 0.3) is 5.69 Å². The quantitative estimate of drug-likeness (QED) is 0.266. The Morgan fingerprint density at radius 1 is 1.23 bits per heavy atom. The first kappa shape index (κ1) is 24.3. The average molecular weight is 542 g/mol. The zero-order chi connectivity index (χ0) is 20.8. The van der Waals surface area contributed by atoms with Gasteiger partial charge in [0.25, 0.3) is 0 Å². The van der Waals surface area contributed by atoms with Crippen molar-refractivity contribution < 1.29 is 4.39 Å². The molecule has 0 spiro atoms.